The van der Waals surface area contributed by atoms with Gasteiger partial charge in [-0.1, -0.05) is 45.1 Å². The van der Waals surface area contributed by atoms with Crippen molar-refractivity contribution < 1.29 is 9.47 Å². The van der Waals surface area contributed by atoms with E-state index in [-0.39, 0.29) is 0 Å². The van der Waals surface area contributed by atoms with Gasteiger partial charge in [0.2, 0.25) is 0 Å². The average molecular weight is 291 g/mol. The molecule has 0 saturated heterocycles. The molecule has 1 unspecified atom stereocenters. The Hall–Kier alpha value is -1.22. The molecular weight excluding hydrogens is 262 g/mol. The summed E-state index contributed by atoms with van der Waals surface area (Å²) >= 11 is 0. The highest BCUT2D eigenvalue weighted by Gasteiger charge is 2.15. The molecule has 1 atom stereocenters. The van der Waals surface area contributed by atoms with Gasteiger partial charge in [-0.2, -0.15) is 0 Å². The van der Waals surface area contributed by atoms with Gasteiger partial charge < -0.3 is 14.8 Å². The van der Waals surface area contributed by atoms with Crippen LogP contribution in [0.4, 0.5) is 0 Å². The van der Waals surface area contributed by atoms with Gasteiger partial charge in [0, 0.05) is 12.5 Å². The third-order valence-electron chi connectivity index (χ3n) is 4.12. The van der Waals surface area contributed by atoms with Crippen molar-refractivity contribution in [3.8, 4) is 11.5 Å². The van der Waals surface area contributed by atoms with Crippen molar-refractivity contribution in [1.29, 1.82) is 0 Å². The van der Waals surface area contributed by atoms with Crippen molar-refractivity contribution in [2.75, 3.05) is 20.3 Å². The van der Waals surface area contributed by atoms with E-state index in [9.17, 15) is 0 Å². The fourth-order valence-electron chi connectivity index (χ4n) is 2.83. The third kappa shape index (κ3) is 4.92. The summed E-state index contributed by atoms with van der Waals surface area (Å²) in [7, 11) is 2.04. The molecule has 0 spiro atoms. The molecule has 1 aliphatic heterocycles. The van der Waals surface area contributed by atoms with Crippen molar-refractivity contribution in [2.24, 2.45) is 0 Å². The van der Waals surface area contributed by atoms with E-state index < -0.39 is 0 Å². The Morgan fingerprint density at radius 1 is 1.05 bits per heavy atom. The van der Waals surface area contributed by atoms with Crippen LogP contribution in [0, 0.1) is 0 Å². The van der Waals surface area contributed by atoms with E-state index in [0.717, 1.165) is 31.1 Å². The Morgan fingerprint density at radius 3 is 2.57 bits per heavy atom. The van der Waals surface area contributed by atoms with E-state index >= 15 is 0 Å². The second kappa shape index (κ2) is 8.93. The van der Waals surface area contributed by atoms with Crippen LogP contribution in [0.15, 0.2) is 18.2 Å². The van der Waals surface area contributed by atoms with Crippen LogP contribution in [-0.2, 0) is 0 Å². The lowest BCUT2D eigenvalue weighted by molar-refractivity contribution is 0.297. The number of benzene rings is 1. The highest BCUT2D eigenvalue weighted by atomic mass is 16.5. The second-order valence-electron chi connectivity index (χ2n) is 5.80. The van der Waals surface area contributed by atoms with Gasteiger partial charge in [-0.3, -0.25) is 0 Å². The summed E-state index contributed by atoms with van der Waals surface area (Å²) in [6, 6.07) is 6.77. The highest BCUT2D eigenvalue weighted by molar-refractivity contribution is 5.44. The molecule has 1 aromatic rings. The Morgan fingerprint density at radius 2 is 1.81 bits per heavy atom. The van der Waals surface area contributed by atoms with Crippen LogP contribution in [0.5, 0.6) is 11.5 Å². The summed E-state index contributed by atoms with van der Waals surface area (Å²) in [6.07, 6.45) is 8.76. The molecule has 0 fully saturated rings. The Balaban J connectivity index is 1.93. The second-order valence-corrected chi connectivity index (χ2v) is 5.80. The van der Waals surface area contributed by atoms with Gasteiger partial charge in [0.05, 0.1) is 13.2 Å². The largest absolute Gasteiger partial charge is 0.490 e. The number of unbranched alkanes of at least 4 members (excludes halogenated alkanes) is 4. The Labute approximate surface area is 129 Å². The maximum atomic E-state index is 5.79. The summed E-state index contributed by atoms with van der Waals surface area (Å²) in [5, 5.41) is 3.44. The fraction of sp³-hybridized carbons (Fsp3) is 0.667. The van der Waals surface area contributed by atoms with Crippen LogP contribution < -0.4 is 14.8 Å². The molecule has 0 radical (unpaired) electrons. The van der Waals surface area contributed by atoms with Crippen molar-refractivity contribution >= 4 is 0 Å². The predicted molar refractivity (Wildman–Crippen MR) is 87.2 cm³/mol. The van der Waals surface area contributed by atoms with Crippen molar-refractivity contribution in [1.82, 2.24) is 5.32 Å². The SMILES string of the molecule is CCCCCCCC(NC)c1ccc2c(c1)OCCCO2. The molecule has 1 aliphatic rings. The van der Waals surface area contributed by atoms with Crippen LogP contribution in [0.25, 0.3) is 0 Å². The van der Waals surface area contributed by atoms with Crippen LogP contribution in [0.3, 0.4) is 0 Å². The lowest BCUT2D eigenvalue weighted by atomic mass is 9.99. The van der Waals surface area contributed by atoms with E-state index in [4.69, 9.17) is 9.47 Å². The number of hydrogen-bond acceptors (Lipinski definition) is 3. The summed E-state index contributed by atoms with van der Waals surface area (Å²) < 4.78 is 11.5. The van der Waals surface area contributed by atoms with E-state index in [0.29, 0.717) is 6.04 Å². The first-order valence-corrected chi connectivity index (χ1v) is 8.42. The zero-order valence-electron chi connectivity index (χ0n) is 13.5. The fourth-order valence-corrected chi connectivity index (χ4v) is 2.83. The summed E-state index contributed by atoms with van der Waals surface area (Å²) in [6.45, 7) is 3.76. The van der Waals surface area contributed by atoms with Gasteiger partial charge in [0.15, 0.2) is 11.5 Å². The van der Waals surface area contributed by atoms with Crippen LogP contribution in [-0.4, -0.2) is 20.3 Å². The van der Waals surface area contributed by atoms with E-state index in [2.05, 4.69) is 30.4 Å². The minimum Gasteiger partial charge on any atom is -0.490 e. The molecule has 3 heteroatoms. The van der Waals surface area contributed by atoms with Gasteiger partial charge in [-0.15, -0.1) is 0 Å². The number of ether oxygens (including phenoxy) is 2. The lowest BCUT2D eigenvalue weighted by Crippen LogP contribution is -2.16. The van der Waals surface area contributed by atoms with Gasteiger partial charge in [0.25, 0.3) is 0 Å². The predicted octanol–water partition coefficient (Wildman–Crippen LogP) is 4.47. The summed E-state index contributed by atoms with van der Waals surface area (Å²) in [4.78, 5) is 0. The molecule has 21 heavy (non-hydrogen) atoms. The molecule has 1 N–H and O–H groups in total. The molecule has 0 saturated carbocycles. The van der Waals surface area contributed by atoms with Crippen molar-refractivity contribution in [3.63, 3.8) is 0 Å². The van der Waals surface area contributed by atoms with Crippen LogP contribution >= 0.6 is 0 Å². The monoisotopic (exact) mass is 291 g/mol. The van der Waals surface area contributed by atoms with Crippen LogP contribution in [0.1, 0.15) is 63.5 Å². The first-order chi connectivity index (χ1) is 10.3. The number of fused-ring (bicyclic) bond motifs is 1. The van der Waals surface area contributed by atoms with E-state index in [1.807, 2.05) is 7.05 Å². The molecule has 3 nitrogen and oxygen atoms in total. The van der Waals surface area contributed by atoms with E-state index in [1.165, 1.54) is 44.1 Å². The molecule has 0 bridgehead atoms. The lowest BCUT2D eigenvalue weighted by Gasteiger charge is -2.18. The normalized spacial score (nSPS) is 15.5. The van der Waals surface area contributed by atoms with Gasteiger partial charge >= 0.3 is 0 Å². The molecule has 0 aliphatic carbocycles. The molecule has 118 valence electrons. The summed E-state index contributed by atoms with van der Waals surface area (Å²) in [5.74, 6) is 1.78. The zero-order chi connectivity index (χ0) is 14.9. The quantitative estimate of drug-likeness (QED) is 0.717. The van der Waals surface area contributed by atoms with Crippen molar-refractivity contribution in [3.05, 3.63) is 23.8 Å². The minimum absolute atomic E-state index is 0.406. The first kappa shape index (κ1) is 16.2. The van der Waals surface area contributed by atoms with Gasteiger partial charge in [0.1, 0.15) is 0 Å². The maximum absolute atomic E-state index is 5.79. The minimum atomic E-state index is 0.406. The van der Waals surface area contributed by atoms with Gasteiger partial charge in [-0.05, 0) is 31.2 Å². The van der Waals surface area contributed by atoms with Gasteiger partial charge in [-0.25, -0.2) is 0 Å². The average Bonchev–Trinajstić information content (AvgIpc) is 2.75. The van der Waals surface area contributed by atoms with Crippen LogP contribution in [0.2, 0.25) is 0 Å². The molecular formula is C18H29NO2. The molecule has 0 amide bonds. The number of nitrogens with one attached hydrogen (secondary N) is 1. The van der Waals surface area contributed by atoms with E-state index in [1.54, 1.807) is 0 Å². The Kier molecular flexibility index (Phi) is 6.87. The maximum Gasteiger partial charge on any atom is 0.161 e. The molecule has 1 heterocycles. The molecule has 0 aromatic heterocycles. The standard InChI is InChI=1S/C18H29NO2/c1-3-4-5-6-7-9-16(19-2)15-10-11-17-18(14-15)21-13-8-12-20-17/h10-11,14,16,19H,3-9,12-13H2,1-2H3. The third-order valence-corrected chi connectivity index (χ3v) is 4.12. The molecule has 1 aromatic carbocycles. The zero-order valence-corrected chi connectivity index (χ0v) is 13.5. The number of hydrogen-bond donors (Lipinski definition) is 1. The summed E-state index contributed by atoms with van der Waals surface area (Å²) in [5.41, 5.74) is 1.30. The highest BCUT2D eigenvalue weighted by Crippen LogP contribution is 2.33. The first-order valence-electron chi connectivity index (χ1n) is 8.42. The topological polar surface area (TPSA) is 30.5 Å². The number of rotatable bonds is 8. The van der Waals surface area contributed by atoms with Crippen molar-refractivity contribution in [2.45, 2.75) is 57.9 Å². The molecule has 2 rings (SSSR count). The Bertz CT molecular complexity index is 420. The smallest absolute Gasteiger partial charge is 0.161 e.